The summed E-state index contributed by atoms with van der Waals surface area (Å²) < 4.78 is 11.6. The summed E-state index contributed by atoms with van der Waals surface area (Å²) in [6, 6.07) is 19.9. The summed E-state index contributed by atoms with van der Waals surface area (Å²) in [5.74, 6) is 1.10. The lowest BCUT2D eigenvalue weighted by Gasteiger charge is -2.12. The lowest BCUT2D eigenvalue weighted by molar-refractivity contribution is 0.111. The highest BCUT2D eigenvalue weighted by atomic mass is 35.5. The van der Waals surface area contributed by atoms with E-state index < -0.39 is 0 Å². The van der Waals surface area contributed by atoms with Crippen LogP contribution in [0.25, 0.3) is 0 Å². The van der Waals surface area contributed by atoms with Crippen LogP contribution >= 0.6 is 23.2 Å². The SMILES string of the molecule is O=Cc1ccc(OCc2ccc(Cl)cc2)cc1OCc1ccc(Cl)cc1. The maximum absolute atomic E-state index is 11.3. The largest absolute Gasteiger partial charge is 0.489 e. The van der Waals surface area contributed by atoms with E-state index in [0.29, 0.717) is 40.3 Å². The van der Waals surface area contributed by atoms with E-state index in [-0.39, 0.29) is 0 Å². The zero-order valence-corrected chi connectivity index (χ0v) is 15.3. The second-order valence-electron chi connectivity index (χ2n) is 5.65. The summed E-state index contributed by atoms with van der Waals surface area (Å²) in [6.07, 6.45) is 0.764. The number of halogens is 2. The lowest BCUT2D eigenvalue weighted by Crippen LogP contribution is -2.00. The summed E-state index contributed by atoms with van der Waals surface area (Å²) in [5, 5.41) is 1.35. The quantitative estimate of drug-likeness (QED) is 0.469. The predicted octanol–water partition coefficient (Wildman–Crippen LogP) is 5.96. The number of carbonyl (C=O) groups excluding carboxylic acids is 1. The van der Waals surface area contributed by atoms with Crippen LogP contribution < -0.4 is 9.47 Å². The van der Waals surface area contributed by atoms with Gasteiger partial charge in [0, 0.05) is 16.1 Å². The van der Waals surface area contributed by atoms with Crippen LogP contribution in [0.2, 0.25) is 10.0 Å². The molecular formula is C21H16Cl2O3. The van der Waals surface area contributed by atoms with E-state index in [0.717, 1.165) is 17.4 Å². The smallest absolute Gasteiger partial charge is 0.153 e. The molecule has 3 aromatic rings. The molecule has 5 heteroatoms. The average molecular weight is 387 g/mol. The normalized spacial score (nSPS) is 10.4. The fourth-order valence-corrected chi connectivity index (χ4v) is 2.57. The van der Waals surface area contributed by atoms with Crippen molar-refractivity contribution in [3.8, 4) is 11.5 Å². The van der Waals surface area contributed by atoms with E-state index in [4.69, 9.17) is 32.7 Å². The van der Waals surface area contributed by atoms with Crippen molar-refractivity contribution in [1.82, 2.24) is 0 Å². The van der Waals surface area contributed by atoms with Crippen molar-refractivity contribution >= 4 is 29.5 Å². The Balaban J connectivity index is 1.68. The zero-order chi connectivity index (χ0) is 18.4. The van der Waals surface area contributed by atoms with Gasteiger partial charge in [-0.15, -0.1) is 0 Å². The van der Waals surface area contributed by atoms with E-state index >= 15 is 0 Å². The minimum absolute atomic E-state index is 0.332. The van der Waals surface area contributed by atoms with Gasteiger partial charge >= 0.3 is 0 Å². The highest BCUT2D eigenvalue weighted by Crippen LogP contribution is 2.26. The molecule has 0 heterocycles. The van der Waals surface area contributed by atoms with Gasteiger partial charge in [0.2, 0.25) is 0 Å². The Morgan fingerprint density at radius 1 is 0.731 bits per heavy atom. The average Bonchev–Trinajstić information content (AvgIpc) is 2.67. The van der Waals surface area contributed by atoms with Gasteiger partial charge in [0.25, 0.3) is 0 Å². The first-order valence-electron chi connectivity index (χ1n) is 7.98. The molecule has 0 saturated carbocycles. The Morgan fingerprint density at radius 3 is 1.81 bits per heavy atom. The number of benzene rings is 3. The van der Waals surface area contributed by atoms with Crippen molar-refractivity contribution in [3.05, 3.63) is 93.5 Å². The van der Waals surface area contributed by atoms with E-state index in [2.05, 4.69) is 0 Å². The number of hydrogen-bond acceptors (Lipinski definition) is 3. The molecule has 3 nitrogen and oxygen atoms in total. The maximum Gasteiger partial charge on any atom is 0.153 e. The van der Waals surface area contributed by atoms with Crippen LogP contribution in [0, 0.1) is 0 Å². The molecule has 0 aliphatic carbocycles. The number of carbonyl (C=O) groups is 1. The number of aldehydes is 1. The standard InChI is InChI=1S/C21H16Cl2O3/c22-18-6-1-15(2-7-18)13-25-20-10-5-17(12-24)21(11-20)26-14-16-3-8-19(23)9-4-16/h1-12H,13-14H2. The van der Waals surface area contributed by atoms with Gasteiger partial charge in [-0.1, -0.05) is 47.5 Å². The van der Waals surface area contributed by atoms with Crippen LogP contribution in [0.3, 0.4) is 0 Å². The molecule has 26 heavy (non-hydrogen) atoms. The fraction of sp³-hybridized carbons (Fsp3) is 0.0952. The van der Waals surface area contributed by atoms with Gasteiger partial charge in [0.1, 0.15) is 24.7 Å². The molecular weight excluding hydrogens is 371 g/mol. The highest BCUT2D eigenvalue weighted by Gasteiger charge is 2.07. The molecule has 0 amide bonds. The minimum atomic E-state index is 0.332. The summed E-state index contributed by atoms with van der Waals surface area (Å²) in [5.41, 5.74) is 2.43. The van der Waals surface area contributed by atoms with Crippen LogP contribution in [0.15, 0.2) is 66.7 Å². The molecule has 0 atom stereocenters. The second kappa shape index (κ2) is 8.75. The summed E-state index contributed by atoms with van der Waals surface area (Å²) >= 11 is 11.8. The molecule has 0 unspecified atom stereocenters. The summed E-state index contributed by atoms with van der Waals surface area (Å²) in [4.78, 5) is 11.3. The Bertz CT molecular complexity index is 875. The minimum Gasteiger partial charge on any atom is -0.489 e. The summed E-state index contributed by atoms with van der Waals surface area (Å²) in [6.45, 7) is 0.729. The molecule has 0 N–H and O–H groups in total. The number of ether oxygens (including phenoxy) is 2. The first-order chi connectivity index (χ1) is 12.6. The Hall–Kier alpha value is -2.49. The molecule has 0 saturated heterocycles. The van der Waals surface area contributed by atoms with Gasteiger partial charge in [-0.05, 0) is 47.5 Å². The van der Waals surface area contributed by atoms with Crippen LogP contribution in [-0.2, 0) is 13.2 Å². The van der Waals surface area contributed by atoms with Crippen LogP contribution in [-0.4, -0.2) is 6.29 Å². The molecule has 0 fully saturated rings. The van der Waals surface area contributed by atoms with Gasteiger partial charge in [-0.2, -0.15) is 0 Å². The summed E-state index contributed by atoms with van der Waals surface area (Å²) in [7, 11) is 0. The van der Waals surface area contributed by atoms with Gasteiger partial charge in [0.15, 0.2) is 6.29 Å². The van der Waals surface area contributed by atoms with Gasteiger partial charge < -0.3 is 9.47 Å². The van der Waals surface area contributed by atoms with Crippen LogP contribution in [0.4, 0.5) is 0 Å². The third kappa shape index (κ3) is 5.01. The van der Waals surface area contributed by atoms with E-state index in [9.17, 15) is 4.79 Å². The first-order valence-corrected chi connectivity index (χ1v) is 8.73. The molecule has 132 valence electrons. The van der Waals surface area contributed by atoms with Gasteiger partial charge in [0.05, 0.1) is 5.56 Å². The molecule has 0 aromatic heterocycles. The molecule has 0 aliphatic heterocycles. The lowest BCUT2D eigenvalue weighted by atomic mass is 10.2. The Kier molecular flexibility index (Phi) is 6.16. The van der Waals surface area contributed by atoms with Crippen molar-refractivity contribution in [2.24, 2.45) is 0 Å². The topological polar surface area (TPSA) is 35.5 Å². The van der Waals surface area contributed by atoms with Crippen molar-refractivity contribution < 1.29 is 14.3 Å². The zero-order valence-electron chi connectivity index (χ0n) is 13.8. The Labute approximate surface area is 162 Å². The van der Waals surface area contributed by atoms with Gasteiger partial charge in [-0.3, -0.25) is 4.79 Å². The van der Waals surface area contributed by atoms with Crippen molar-refractivity contribution in [2.45, 2.75) is 13.2 Å². The first kappa shape index (κ1) is 18.3. The van der Waals surface area contributed by atoms with E-state index in [1.807, 2.05) is 36.4 Å². The predicted molar refractivity (Wildman–Crippen MR) is 103 cm³/mol. The number of hydrogen-bond donors (Lipinski definition) is 0. The van der Waals surface area contributed by atoms with E-state index in [1.54, 1.807) is 30.3 Å². The van der Waals surface area contributed by atoms with Gasteiger partial charge in [-0.25, -0.2) is 0 Å². The molecule has 0 aliphatic rings. The van der Waals surface area contributed by atoms with Crippen LogP contribution in [0.5, 0.6) is 11.5 Å². The fourth-order valence-electron chi connectivity index (χ4n) is 2.32. The monoisotopic (exact) mass is 386 g/mol. The molecule has 0 radical (unpaired) electrons. The third-order valence-corrected chi connectivity index (χ3v) is 4.24. The third-order valence-electron chi connectivity index (χ3n) is 3.74. The van der Waals surface area contributed by atoms with E-state index in [1.165, 1.54) is 0 Å². The molecule has 3 aromatic carbocycles. The Morgan fingerprint density at radius 2 is 1.27 bits per heavy atom. The van der Waals surface area contributed by atoms with Crippen molar-refractivity contribution in [2.75, 3.05) is 0 Å². The molecule has 3 rings (SSSR count). The highest BCUT2D eigenvalue weighted by molar-refractivity contribution is 6.30. The van der Waals surface area contributed by atoms with Crippen molar-refractivity contribution in [1.29, 1.82) is 0 Å². The van der Waals surface area contributed by atoms with Crippen LogP contribution in [0.1, 0.15) is 21.5 Å². The van der Waals surface area contributed by atoms with Crippen molar-refractivity contribution in [3.63, 3.8) is 0 Å². The molecule has 0 spiro atoms. The number of rotatable bonds is 7. The molecule has 0 bridgehead atoms. The maximum atomic E-state index is 11.3. The second-order valence-corrected chi connectivity index (χ2v) is 6.52.